The molecule has 0 amide bonds. The maximum atomic E-state index is 10.3. The van der Waals surface area contributed by atoms with Gasteiger partial charge in [-0.15, -0.1) is 0 Å². The number of aliphatic hydroxyl groups excluding tert-OH is 1. The molecule has 1 aromatic rings. The van der Waals surface area contributed by atoms with Crippen molar-refractivity contribution in [2.24, 2.45) is 0 Å². The molecule has 4 aliphatic heterocycles. The average Bonchev–Trinajstić information content (AvgIpc) is 3.17. The Bertz CT molecular complexity index is 721. The summed E-state index contributed by atoms with van der Waals surface area (Å²) in [6.45, 7) is 2.12. The highest BCUT2D eigenvalue weighted by Gasteiger charge is 2.70. The average molecular weight is 317 g/mol. The molecule has 1 N–H and O–H groups in total. The standard InChI is InChI=1S/C17H19NO5/c1-20-13-8-6-18-3-2-17(9(8)4-11-15(13)22-7-21-11)12(18)5-10(19)14-16(17)23-14/h4,10,12,14,16,19H,2-3,5-7H2,1H3/t10-,12-,14+,16+,17+/m0/s1. The summed E-state index contributed by atoms with van der Waals surface area (Å²) < 4.78 is 22.9. The molecule has 23 heavy (non-hydrogen) atoms. The molecule has 3 fully saturated rings. The third kappa shape index (κ3) is 1.33. The lowest BCUT2D eigenvalue weighted by atomic mass is 9.63. The molecule has 0 radical (unpaired) electrons. The summed E-state index contributed by atoms with van der Waals surface area (Å²) >= 11 is 0. The first-order valence-electron chi connectivity index (χ1n) is 8.31. The second-order valence-corrected chi connectivity index (χ2v) is 7.27. The molecule has 6 atom stereocenters. The van der Waals surface area contributed by atoms with E-state index < -0.39 is 0 Å². The molecule has 122 valence electrons. The van der Waals surface area contributed by atoms with Gasteiger partial charge in [-0.3, -0.25) is 4.90 Å². The normalized spacial score (nSPS) is 44.3. The highest BCUT2D eigenvalue weighted by Crippen LogP contribution is 2.62. The Morgan fingerprint density at radius 2 is 2.30 bits per heavy atom. The van der Waals surface area contributed by atoms with Crippen molar-refractivity contribution in [2.45, 2.75) is 49.2 Å². The van der Waals surface area contributed by atoms with E-state index in [4.69, 9.17) is 18.9 Å². The van der Waals surface area contributed by atoms with Crippen LogP contribution in [0.15, 0.2) is 6.07 Å². The van der Waals surface area contributed by atoms with E-state index >= 15 is 0 Å². The topological polar surface area (TPSA) is 63.7 Å². The van der Waals surface area contributed by atoms with Crippen molar-refractivity contribution in [3.05, 3.63) is 17.2 Å². The van der Waals surface area contributed by atoms with Crippen molar-refractivity contribution >= 4 is 0 Å². The van der Waals surface area contributed by atoms with E-state index in [0.717, 1.165) is 43.2 Å². The highest BCUT2D eigenvalue weighted by molar-refractivity contribution is 5.64. The van der Waals surface area contributed by atoms with E-state index in [0.29, 0.717) is 6.04 Å². The summed E-state index contributed by atoms with van der Waals surface area (Å²) in [5, 5.41) is 10.3. The number of hydrogen-bond donors (Lipinski definition) is 1. The van der Waals surface area contributed by atoms with Crippen molar-refractivity contribution in [3.8, 4) is 17.2 Å². The van der Waals surface area contributed by atoms with Crippen LogP contribution in [-0.4, -0.2) is 54.8 Å². The molecule has 6 heteroatoms. The van der Waals surface area contributed by atoms with Gasteiger partial charge in [-0.25, -0.2) is 0 Å². The zero-order valence-corrected chi connectivity index (χ0v) is 12.9. The van der Waals surface area contributed by atoms with Gasteiger partial charge in [-0.2, -0.15) is 0 Å². The predicted molar refractivity (Wildman–Crippen MR) is 78.9 cm³/mol. The molecular weight excluding hydrogens is 298 g/mol. The second kappa shape index (κ2) is 3.94. The van der Waals surface area contributed by atoms with Gasteiger partial charge < -0.3 is 24.1 Å². The minimum atomic E-state index is -0.337. The van der Waals surface area contributed by atoms with Gasteiger partial charge >= 0.3 is 0 Å². The minimum absolute atomic E-state index is 0.00596. The quantitative estimate of drug-likeness (QED) is 0.773. The van der Waals surface area contributed by atoms with Gasteiger partial charge in [0.25, 0.3) is 0 Å². The first kappa shape index (κ1) is 12.9. The Morgan fingerprint density at radius 1 is 1.39 bits per heavy atom. The Hall–Kier alpha value is -1.50. The molecule has 2 bridgehead atoms. The zero-order valence-electron chi connectivity index (χ0n) is 12.9. The SMILES string of the molecule is COc1c2c(cc3c1OCO3)[C@]13CCN(C2)[C@H]1C[C@H](O)[C@H]1O[C@H]13. The fourth-order valence-corrected chi connectivity index (χ4v) is 5.56. The lowest BCUT2D eigenvalue weighted by Gasteiger charge is -2.46. The smallest absolute Gasteiger partial charge is 0.231 e. The number of methoxy groups -OCH3 is 1. The number of aliphatic hydroxyl groups is 1. The molecule has 6 nitrogen and oxygen atoms in total. The predicted octanol–water partition coefficient (Wildman–Crippen LogP) is 0.782. The van der Waals surface area contributed by atoms with Crippen LogP contribution in [0.2, 0.25) is 0 Å². The van der Waals surface area contributed by atoms with E-state index in [9.17, 15) is 5.11 Å². The van der Waals surface area contributed by atoms with E-state index in [1.54, 1.807) is 7.11 Å². The third-order valence-electron chi connectivity index (χ3n) is 6.51. The van der Waals surface area contributed by atoms with Gasteiger partial charge in [-0.05, 0) is 31.0 Å². The molecule has 6 rings (SSSR count). The molecular formula is C17H19NO5. The number of nitrogens with zero attached hydrogens (tertiary/aromatic N) is 1. The van der Waals surface area contributed by atoms with Crippen LogP contribution in [0.1, 0.15) is 24.0 Å². The van der Waals surface area contributed by atoms with Crippen molar-refractivity contribution in [1.82, 2.24) is 4.90 Å². The summed E-state index contributed by atoms with van der Waals surface area (Å²) in [5.74, 6) is 2.31. The van der Waals surface area contributed by atoms with Crippen LogP contribution < -0.4 is 14.2 Å². The summed E-state index contributed by atoms with van der Waals surface area (Å²) in [6, 6.07) is 2.49. The van der Waals surface area contributed by atoms with E-state index in [2.05, 4.69) is 11.0 Å². The van der Waals surface area contributed by atoms with Crippen LogP contribution in [-0.2, 0) is 16.7 Å². The highest BCUT2D eigenvalue weighted by atomic mass is 16.7. The zero-order chi connectivity index (χ0) is 15.3. The first-order chi connectivity index (χ1) is 11.2. The maximum Gasteiger partial charge on any atom is 0.231 e. The molecule has 5 aliphatic rings. The van der Waals surface area contributed by atoms with Crippen molar-refractivity contribution in [2.75, 3.05) is 20.4 Å². The number of epoxide rings is 1. The van der Waals surface area contributed by atoms with Crippen LogP contribution in [0.5, 0.6) is 17.2 Å². The Morgan fingerprint density at radius 3 is 3.17 bits per heavy atom. The summed E-state index contributed by atoms with van der Waals surface area (Å²) in [5.41, 5.74) is 2.46. The van der Waals surface area contributed by atoms with Crippen LogP contribution in [0.4, 0.5) is 0 Å². The van der Waals surface area contributed by atoms with Gasteiger partial charge in [0.1, 0.15) is 6.10 Å². The first-order valence-corrected chi connectivity index (χ1v) is 8.31. The monoisotopic (exact) mass is 317 g/mol. The van der Waals surface area contributed by atoms with Crippen molar-refractivity contribution < 1.29 is 24.1 Å². The largest absolute Gasteiger partial charge is 0.492 e. The molecule has 0 spiro atoms. The fraction of sp³-hybridized carbons (Fsp3) is 0.647. The molecule has 0 aromatic heterocycles. The molecule has 1 aliphatic carbocycles. The molecule has 1 unspecified atom stereocenters. The lowest BCUT2D eigenvalue weighted by molar-refractivity contribution is 0.0580. The van der Waals surface area contributed by atoms with E-state index in [1.165, 1.54) is 11.1 Å². The van der Waals surface area contributed by atoms with Crippen LogP contribution >= 0.6 is 0 Å². The number of ether oxygens (including phenoxy) is 4. The Balaban J connectivity index is 1.61. The molecule has 4 heterocycles. The van der Waals surface area contributed by atoms with Gasteiger partial charge in [-0.1, -0.05) is 0 Å². The van der Waals surface area contributed by atoms with Crippen LogP contribution in [0, 0.1) is 0 Å². The van der Waals surface area contributed by atoms with Crippen molar-refractivity contribution in [1.29, 1.82) is 0 Å². The molecule has 2 saturated heterocycles. The summed E-state index contributed by atoms with van der Waals surface area (Å²) in [4.78, 5) is 2.48. The number of rotatable bonds is 1. The van der Waals surface area contributed by atoms with Crippen LogP contribution in [0.25, 0.3) is 0 Å². The summed E-state index contributed by atoms with van der Waals surface area (Å²) in [7, 11) is 1.69. The molecule has 1 aromatic carbocycles. The van der Waals surface area contributed by atoms with Gasteiger partial charge in [0.2, 0.25) is 12.5 Å². The van der Waals surface area contributed by atoms with Gasteiger partial charge in [0.05, 0.1) is 19.3 Å². The van der Waals surface area contributed by atoms with E-state index in [-0.39, 0.29) is 30.5 Å². The van der Waals surface area contributed by atoms with Gasteiger partial charge in [0, 0.05) is 23.6 Å². The van der Waals surface area contributed by atoms with Crippen molar-refractivity contribution in [3.63, 3.8) is 0 Å². The number of benzene rings is 1. The molecule has 1 saturated carbocycles. The number of fused-ring (bicyclic) bond motifs is 3. The van der Waals surface area contributed by atoms with E-state index in [1.807, 2.05) is 0 Å². The Kier molecular flexibility index (Phi) is 2.20. The summed E-state index contributed by atoms with van der Waals surface area (Å²) in [6.07, 6.45) is 1.63. The lowest BCUT2D eigenvalue weighted by Crippen LogP contribution is -2.55. The third-order valence-corrected chi connectivity index (χ3v) is 6.51. The fourth-order valence-electron chi connectivity index (χ4n) is 5.56. The van der Waals surface area contributed by atoms with Crippen LogP contribution in [0.3, 0.4) is 0 Å². The second-order valence-electron chi connectivity index (χ2n) is 7.27. The minimum Gasteiger partial charge on any atom is -0.492 e. The van der Waals surface area contributed by atoms with Gasteiger partial charge in [0.15, 0.2) is 11.5 Å². The number of hydrogen-bond acceptors (Lipinski definition) is 6. The Labute approximate surface area is 133 Å². The maximum absolute atomic E-state index is 10.3.